The second-order valence-corrected chi connectivity index (χ2v) is 6.88. The van der Waals surface area contributed by atoms with Gasteiger partial charge in [-0.05, 0) is 47.0 Å². The summed E-state index contributed by atoms with van der Waals surface area (Å²) in [6.45, 7) is 0.190. The van der Waals surface area contributed by atoms with Crippen molar-refractivity contribution < 1.29 is 17.9 Å². The van der Waals surface area contributed by atoms with Gasteiger partial charge in [0.2, 0.25) is 10.0 Å². The molecule has 18 heavy (non-hydrogen) atoms. The number of sulfonamides is 1. The fourth-order valence-electron chi connectivity index (χ4n) is 2.12. The van der Waals surface area contributed by atoms with Gasteiger partial charge in [0.1, 0.15) is 5.82 Å². The van der Waals surface area contributed by atoms with Crippen molar-refractivity contribution >= 4 is 26.0 Å². The van der Waals surface area contributed by atoms with Crippen molar-refractivity contribution in [1.82, 2.24) is 4.31 Å². The van der Waals surface area contributed by atoms with E-state index in [2.05, 4.69) is 15.9 Å². The van der Waals surface area contributed by atoms with Crippen LogP contribution in [0.3, 0.4) is 0 Å². The Bertz CT molecular complexity index is 549. The zero-order valence-electron chi connectivity index (χ0n) is 9.51. The highest BCUT2D eigenvalue weighted by Gasteiger charge is 2.35. The van der Waals surface area contributed by atoms with Crippen molar-refractivity contribution in [3.05, 3.63) is 28.5 Å². The van der Waals surface area contributed by atoms with E-state index >= 15 is 0 Å². The van der Waals surface area contributed by atoms with E-state index < -0.39 is 15.8 Å². The number of hydrogen-bond donors (Lipinski definition) is 1. The SMILES string of the molecule is O=S(=O)(c1ccc(F)cc1Br)N1CCC[C@H]1CO. The van der Waals surface area contributed by atoms with Gasteiger partial charge in [0, 0.05) is 17.1 Å². The topological polar surface area (TPSA) is 57.6 Å². The summed E-state index contributed by atoms with van der Waals surface area (Å²) in [5, 5.41) is 9.18. The van der Waals surface area contributed by atoms with Crippen LogP contribution in [0.15, 0.2) is 27.6 Å². The van der Waals surface area contributed by atoms with Crippen LogP contribution >= 0.6 is 15.9 Å². The molecule has 0 aliphatic carbocycles. The monoisotopic (exact) mass is 337 g/mol. The first-order valence-corrected chi connectivity index (χ1v) is 7.78. The fourth-order valence-corrected chi connectivity index (χ4v) is 4.82. The average molecular weight is 338 g/mol. The van der Waals surface area contributed by atoms with Crippen LogP contribution in [0.2, 0.25) is 0 Å². The van der Waals surface area contributed by atoms with E-state index in [9.17, 15) is 17.9 Å². The molecule has 0 saturated carbocycles. The number of nitrogens with zero attached hydrogens (tertiary/aromatic N) is 1. The molecule has 1 atom stereocenters. The minimum atomic E-state index is -3.69. The molecule has 0 amide bonds. The highest BCUT2D eigenvalue weighted by molar-refractivity contribution is 9.10. The van der Waals surface area contributed by atoms with Crippen molar-refractivity contribution in [3.8, 4) is 0 Å². The number of aliphatic hydroxyl groups is 1. The summed E-state index contributed by atoms with van der Waals surface area (Å²) in [5.41, 5.74) is 0. The van der Waals surface area contributed by atoms with Gasteiger partial charge in [-0.1, -0.05) is 0 Å². The van der Waals surface area contributed by atoms with Crippen LogP contribution in [0.4, 0.5) is 4.39 Å². The Labute approximate surface area is 114 Å². The van der Waals surface area contributed by atoms with Gasteiger partial charge in [0.15, 0.2) is 0 Å². The maximum Gasteiger partial charge on any atom is 0.244 e. The third-order valence-electron chi connectivity index (χ3n) is 3.01. The van der Waals surface area contributed by atoms with E-state index in [4.69, 9.17) is 0 Å². The van der Waals surface area contributed by atoms with E-state index in [-0.39, 0.29) is 22.0 Å². The Balaban J connectivity index is 2.42. The minimum Gasteiger partial charge on any atom is -0.395 e. The lowest BCUT2D eigenvalue weighted by Gasteiger charge is -2.22. The fraction of sp³-hybridized carbons (Fsp3) is 0.455. The van der Waals surface area contributed by atoms with Crippen LogP contribution in [0, 0.1) is 5.82 Å². The van der Waals surface area contributed by atoms with Gasteiger partial charge in [0.05, 0.1) is 11.5 Å². The van der Waals surface area contributed by atoms with Gasteiger partial charge in [-0.2, -0.15) is 4.31 Å². The van der Waals surface area contributed by atoms with E-state index in [1.807, 2.05) is 0 Å². The lowest BCUT2D eigenvalue weighted by molar-refractivity contribution is 0.213. The molecule has 1 N–H and O–H groups in total. The molecule has 0 spiro atoms. The average Bonchev–Trinajstić information content (AvgIpc) is 2.76. The maximum absolute atomic E-state index is 13.0. The number of benzene rings is 1. The zero-order chi connectivity index (χ0) is 13.3. The summed E-state index contributed by atoms with van der Waals surface area (Å²) in [6, 6.07) is 3.09. The van der Waals surface area contributed by atoms with Crippen LogP contribution in [-0.2, 0) is 10.0 Å². The van der Waals surface area contributed by atoms with Crippen molar-refractivity contribution in [3.63, 3.8) is 0 Å². The summed E-state index contributed by atoms with van der Waals surface area (Å²) >= 11 is 3.06. The zero-order valence-corrected chi connectivity index (χ0v) is 11.9. The Morgan fingerprint density at radius 3 is 2.83 bits per heavy atom. The number of rotatable bonds is 3. The molecule has 1 heterocycles. The summed E-state index contributed by atoms with van der Waals surface area (Å²) in [5.74, 6) is -0.499. The van der Waals surface area contributed by atoms with Crippen LogP contribution in [-0.4, -0.2) is 37.0 Å². The molecule has 1 aliphatic heterocycles. The van der Waals surface area contributed by atoms with E-state index in [1.165, 1.54) is 10.4 Å². The Hall–Kier alpha value is -0.500. The summed E-state index contributed by atoms with van der Waals surface area (Å²) in [6.07, 6.45) is 1.37. The van der Waals surface area contributed by atoms with Gasteiger partial charge in [-0.15, -0.1) is 0 Å². The minimum absolute atomic E-state index is 0.0317. The lowest BCUT2D eigenvalue weighted by Crippen LogP contribution is -2.37. The molecule has 1 fully saturated rings. The quantitative estimate of drug-likeness (QED) is 0.913. The van der Waals surface area contributed by atoms with Gasteiger partial charge in [0.25, 0.3) is 0 Å². The number of halogens is 2. The Morgan fingerprint density at radius 2 is 2.22 bits per heavy atom. The second kappa shape index (κ2) is 5.24. The normalized spacial score (nSPS) is 21.4. The smallest absolute Gasteiger partial charge is 0.244 e. The molecule has 100 valence electrons. The summed E-state index contributed by atoms with van der Waals surface area (Å²) in [4.78, 5) is 0.0317. The molecule has 0 radical (unpaired) electrons. The van der Waals surface area contributed by atoms with Crippen molar-refractivity contribution in [2.75, 3.05) is 13.2 Å². The first-order valence-electron chi connectivity index (χ1n) is 5.54. The molecule has 4 nitrogen and oxygen atoms in total. The van der Waals surface area contributed by atoms with Gasteiger partial charge < -0.3 is 5.11 Å². The third-order valence-corrected chi connectivity index (χ3v) is 5.94. The first-order chi connectivity index (χ1) is 8.46. The standard InChI is InChI=1S/C11H13BrFNO3S/c12-10-6-8(13)3-4-11(10)18(16,17)14-5-1-2-9(14)7-15/h3-4,6,9,15H,1-2,5,7H2/t9-/m0/s1. The van der Waals surface area contributed by atoms with Crippen molar-refractivity contribution in [2.24, 2.45) is 0 Å². The Kier molecular flexibility index (Phi) is 4.05. The molecule has 2 rings (SSSR count). The second-order valence-electron chi connectivity index (χ2n) is 4.17. The van der Waals surface area contributed by atoms with Crippen LogP contribution in [0.1, 0.15) is 12.8 Å². The largest absolute Gasteiger partial charge is 0.395 e. The molecule has 1 aromatic carbocycles. The summed E-state index contributed by atoms with van der Waals surface area (Å²) < 4.78 is 39.3. The predicted octanol–water partition coefficient (Wildman–Crippen LogP) is 1.73. The maximum atomic E-state index is 13.0. The lowest BCUT2D eigenvalue weighted by atomic mass is 10.2. The molecular formula is C11H13BrFNO3S. The molecule has 0 unspecified atom stereocenters. The number of hydrogen-bond acceptors (Lipinski definition) is 3. The van der Waals surface area contributed by atoms with Crippen molar-refractivity contribution in [1.29, 1.82) is 0 Å². The van der Waals surface area contributed by atoms with Crippen LogP contribution < -0.4 is 0 Å². The molecule has 0 aromatic heterocycles. The van der Waals surface area contributed by atoms with Gasteiger partial charge >= 0.3 is 0 Å². The molecule has 7 heteroatoms. The highest BCUT2D eigenvalue weighted by Crippen LogP contribution is 2.30. The van der Waals surface area contributed by atoms with Crippen LogP contribution in [0.5, 0.6) is 0 Å². The number of aliphatic hydroxyl groups excluding tert-OH is 1. The molecular weight excluding hydrogens is 325 g/mol. The van der Waals surface area contributed by atoms with Crippen LogP contribution in [0.25, 0.3) is 0 Å². The van der Waals surface area contributed by atoms with Gasteiger partial charge in [-0.3, -0.25) is 0 Å². The molecule has 0 bridgehead atoms. The van der Waals surface area contributed by atoms with E-state index in [1.54, 1.807) is 0 Å². The first kappa shape index (κ1) is 13.9. The molecule has 1 aliphatic rings. The van der Waals surface area contributed by atoms with E-state index in [0.717, 1.165) is 18.6 Å². The summed E-state index contributed by atoms with van der Waals surface area (Å²) in [7, 11) is -3.69. The molecule has 1 aromatic rings. The Morgan fingerprint density at radius 1 is 1.50 bits per heavy atom. The van der Waals surface area contributed by atoms with E-state index in [0.29, 0.717) is 13.0 Å². The highest BCUT2D eigenvalue weighted by atomic mass is 79.9. The van der Waals surface area contributed by atoms with Crippen molar-refractivity contribution in [2.45, 2.75) is 23.8 Å². The third kappa shape index (κ3) is 2.45. The predicted molar refractivity (Wildman–Crippen MR) is 68.1 cm³/mol. The van der Waals surface area contributed by atoms with Gasteiger partial charge in [-0.25, -0.2) is 12.8 Å². The molecule has 1 saturated heterocycles.